The lowest BCUT2D eigenvalue weighted by molar-refractivity contribution is 0.138. The van der Waals surface area contributed by atoms with Crippen molar-refractivity contribution < 1.29 is 13.2 Å². The molecule has 0 amide bonds. The molecule has 134 valence electrons. The van der Waals surface area contributed by atoms with Crippen molar-refractivity contribution in [1.29, 1.82) is 0 Å². The lowest BCUT2D eigenvalue weighted by Crippen LogP contribution is -2.39. The molecule has 1 heterocycles. The average Bonchev–Trinajstić information content (AvgIpc) is 2.59. The van der Waals surface area contributed by atoms with Crippen molar-refractivity contribution >= 4 is 21.6 Å². The van der Waals surface area contributed by atoms with Gasteiger partial charge in [-0.1, -0.05) is 17.7 Å². The SMILES string of the molecule is Cc1c(Cl)cccc1S(=O)(=O)NC1CCC(Oc2cnccn2)CC1. The minimum Gasteiger partial charge on any atom is -0.473 e. The lowest BCUT2D eigenvalue weighted by Gasteiger charge is -2.29. The van der Waals surface area contributed by atoms with Gasteiger partial charge >= 0.3 is 0 Å². The third-order valence-corrected chi connectivity index (χ3v) is 6.40. The zero-order valence-corrected chi connectivity index (χ0v) is 15.4. The maximum atomic E-state index is 12.6. The fraction of sp³-hybridized carbons (Fsp3) is 0.412. The van der Waals surface area contributed by atoms with Gasteiger partial charge in [-0.15, -0.1) is 0 Å². The molecular weight excluding hydrogens is 362 g/mol. The van der Waals surface area contributed by atoms with E-state index in [2.05, 4.69) is 14.7 Å². The van der Waals surface area contributed by atoms with E-state index in [9.17, 15) is 8.42 Å². The van der Waals surface area contributed by atoms with Gasteiger partial charge in [0.25, 0.3) is 0 Å². The first-order chi connectivity index (χ1) is 12.0. The summed E-state index contributed by atoms with van der Waals surface area (Å²) in [6, 6.07) is 4.80. The van der Waals surface area contributed by atoms with Gasteiger partial charge in [0.1, 0.15) is 6.10 Å². The summed E-state index contributed by atoms with van der Waals surface area (Å²) in [6.07, 6.45) is 7.74. The molecule has 0 saturated heterocycles. The summed E-state index contributed by atoms with van der Waals surface area (Å²) in [6.45, 7) is 1.71. The van der Waals surface area contributed by atoms with Crippen LogP contribution in [0.3, 0.4) is 0 Å². The van der Waals surface area contributed by atoms with E-state index in [0.29, 0.717) is 29.3 Å². The van der Waals surface area contributed by atoms with E-state index >= 15 is 0 Å². The molecule has 0 radical (unpaired) electrons. The molecule has 25 heavy (non-hydrogen) atoms. The fourth-order valence-corrected chi connectivity index (χ4v) is 4.78. The molecule has 6 nitrogen and oxygen atoms in total. The monoisotopic (exact) mass is 381 g/mol. The zero-order chi connectivity index (χ0) is 17.9. The number of sulfonamides is 1. The maximum Gasteiger partial charge on any atom is 0.241 e. The molecule has 1 aromatic heterocycles. The Morgan fingerprint density at radius 3 is 2.64 bits per heavy atom. The van der Waals surface area contributed by atoms with Gasteiger partial charge in [0.05, 0.1) is 11.1 Å². The van der Waals surface area contributed by atoms with Crippen molar-refractivity contribution in [3.63, 3.8) is 0 Å². The molecule has 0 bridgehead atoms. The van der Waals surface area contributed by atoms with Crippen LogP contribution in [0.1, 0.15) is 31.2 Å². The normalized spacial score (nSPS) is 21.0. The van der Waals surface area contributed by atoms with E-state index in [4.69, 9.17) is 16.3 Å². The Labute approximate surface area is 152 Å². The molecule has 8 heteroatoms. The summed E-state index contributed by atoms with van der Waals surface area (Å²) in [5, 5.41) is 0.448. The first-order valence-electron chi connectivity index (χ1n) is 8.16. The van der Waals surface area contributed by atoms with Crippen molar-refractivity contribution in [1.82, 2.24) is 14.7 Å². The molecule has 1 aromatic carbocycles. The van der Waals surface area contributed by atoms with Gasteiger partial charge in [-0.05, 0) is 50.3 Å². The maximum absolute atomic E-state index is 12.6. The third-order valence-electron chi connectivity index (χ3n) is 4.33. The van der Waals surface area contributed by atoms with Crippen molar-refractivity contribution in [2.45, 2.75) is 49.6 Å². The van der Waals surface area contributed by atoms with E-state index < -0.39 is 10.0 Å². The number of hydrogen-bond acceptors (Lipinski definition) is 5. The number of ether oxygens (including phenoxy) is 1. The predicted octanol–water partition coefficient (Wildman–Crippen LogP) is 3.11. The standard InChI is InChI=1S/C17H20ClN3O3S/c1-12-15(18)3-2-4-16(12)25(22,23)21-13-5-7-14(8-6-13)24-17-11-19-9-10-20-17/h2-4,9-11,13-14,21H,5-8H2,1H3. The second-order valence-corrected chi connectivity index (χ2v) is 8.21. The van der Waals surface area contributed by atoms with Crippen LogP contribution in [-0.4, -0.2) is 30.5 Å². The van der Waals surface area contributed by atoms with Crippen LogP contribution in [-0.2, 0) is 10.0 Å². The number of rotatable bonds is 5. The number of nitrogens with zero attached hydrogens (tertiary/aromatic N) is 2. The number of hydrogen-bond donors (Lipinski definition) is 1. The smallest absolute Gasteiger partial charge is 0.241 e. The Morgan fingerprint density at radius 1 is 1.20 bits per heavy atom. The molecule has 1 aliphatic rings. The Balaban J connectivity index is 1.59. The van der Waals surface area contributed by atoms with Gasteiger partial charge in [-0.25, -0.2) is 18.1 Å². The highest BCUT2D eigenvalue weighted by molar-refractivity contribution is 7.89. The minimum absolute atomic E-state index is 0.0327. The summed E-state index contributed by atoms with van der Waals surface area (Å²) < 4.78 is 33.8. The summed E-state index contributed by atoms with van der Waals surface area (Å²) in [5.74, 6) is 0.501. The van der Waals surface area contributed by atoms with Crippen LogP contribution >= 0.6 is 11.6 Å². The van der Waals surface area contributed by atoms with E-state index in [1.54, 1.807) is 43.7 Å². The highest BCUT2D eigenvalue weighted by atomic mass is 35.5. The van der Waals surface area contributed by atoms with Crippen LogP contribution in [0.4, 0.5) is 0 Å². The summed E-state index contributed by atoms with van der Waals surface area (Å²) in [7, 11) is -3.59. The van der Waals surface area contributed by atoms with Crippen LogP contribution < -0.4 is 9.46 Å². The van der Waals surface area contributed by atoms with E-state index in [0.717, 1.165) is 12.8 Å². The zero-order valence-electron chi connectivity index (χ0n) is 13.9. The molecule has 1 saturated carbocycles. The van der Waals surface area contributed by atoms with Crippen LogP contribution in [0, 0.1) is 6.92 Å². The molecule has 0 unspecified atom stereocenters. The van der Waals surface area contributed by atoms with E-state index in [1.165, 1.54) is 0 Å². The molecule has 0 aliphatic heterocycles. The summed E-state index contributed by atoms with van der Waals surface area (Å²) in [4.78, 5) is 8.31. The van der Waals surface area contributed by atoms with Gasteiger partial charge in [0.15, 0.2) is 0 Å². The van der Waals surface area contributed by atoms with Gasteiger partial charge in [0.2, 0.25) is 15.9 Å². The number of benzene rings is 1. The van der Waals surface area contributed by atoms with Crippen LogP contribution in [0.5, 0.6) is 5.88 Å². The van der Waals surface area contributed by atoms with Crippen LogP contribution in [0.2, 0.25) is 5.02 Å². The third kappa shape index (κ3) is 4.48. The average molecular weight is 382 g/mol. The Morgan fingerprint density at radius 2 is 1.96 bits per heavy atom. The first kappa shape index (κ1) is 18.1. The van der Waals surface area contributed by atoms with Crippen molar-refractivity contribution in [2.24, 2.45) is 0 Å². The lowest BCUT2D eigenvalue weighted by atomic mass is 9.94. The second kappa shape index (κ2) is 7.68. The van der Waals surface area contributed by atoms with Crippen LogP contribution in [0.25, 0.3) is 0 Å². The molecule has 0 atom stereocenters. The molecule has 0 spiro atoms. The first-order valence-corrected chi connectivity index (χ1v) is 10.0. The van der Waals surface area contributed by atoms with Gasteiger partial charge in [-0.3, -0.25) is 4.98 Å². The van der Waals surface area contributed by atoms with Gasteiger partial charge < -0.3 is 4.74 Å². The Bertz CT molecular complexity index is 822. The predicted molar refractivity (Wildman–Crippen MR) is 95.2 cm³/mol. The molecular formula is C17H20ClN3O3S. The van der Waals surface area contributed by atoms with Crippen molar-refractivity contribution in [3.05, 3.63) is 47.4 Å². The highest BCUT2D eigenvalue weighted by Crippen LogP contribution is 2.26. The molecule has 1 N–H and O–H groups in total. The van der Waals surface area contributed by atoms with Crippen molar-refractivity contribution in [2.75, 3.05) is 0 Å². The fourth-order valence-electron chi connectivity index (χ4n) is 2.98. The quantitative estimate of drug-likeness (QED) is 0.860. The van der Waals surface area contributed by atoms with Crippen LogP contribution in [0.15, 0.2) is 41.7 Å². The molecule has 2 aromatic rings. The number of nitrogens with one attached hydrogen (secondary N) is 1. The second-order valence-electron chi connectivity index (χ2n) is 6.12. The molecule has 1 aliphatic carbocycles. The van der Waals surface area contributed by atoms with Crippen molar-refractivity contribution in [3.8, 4) is 5.88 Å². The number of aromatic nitrogens is 2. The highest BCUT2D eigenvalue weighted by Gasteiger charge is 2.27. The largest absolute Gasteiger partial charge is 0.473 e. The van der Waals surface area contributed by atoms with E-state index in [-0.39, 0.29) is 17.0 Å². The molecule has 3 rings (SSSR count). The number of halogens is 1. The Hall–Kier alpha value is -1.70. The molecule has 1 fully saturated rings. The van der Waals surface area contributed by atoms with Gasteiger partial charge in [0, 0.05) is 23.5 Å². The van der Waals surface area contributed by atoms with E-state index in [1.807, 2.05) is 0 Å². The summed E-state index contributed by atoms with van der Waals surface area (Å²) >= 11 is 6.04. The van der Waals surface area contributed by atoms with Gasteiger partial charge in [-0.2, -0.15) is 0 Å². The topological polar surface area (TPSA) is 81.2 Å². The summed E-state index contributed by atoms with van der Waals surface area (Å²) in [5.41, 5.74) is 0.566. The minimum atomic E-state index is -3.59. The Kier molecular flexibility index (Phi) is 5.56.